The van der Waals surface area contributed by atoms with Gasteiger partial charge in [-0.3, -0.25) is 0 Å². The highest BCUT2D eigenvalue weighted by atomic mass is 16.5. The van der Waals surface area contributed by atoms with Gasteiger partial charge in [-0.1, -0.05) is 13.8 Å². The van der Waals surface area contributed by atoms with Crippen molar-refractivity contribution in [3.8, 4) is 0 Å². The van der Waals surface area contributed by atoms with Gasteiger partial charge < -0.3 is 15.0 Å². The van der Waals surface area contributed by atoms with Crippen molar-refractivity contribution in [2.75, 3.05) is 26.2 Å². The molecule has 3 heteroatoms. The second kappa shape index (κ2) is 7.77. The van der Waals surface area contributed by atoms with Gasteiger partial charge in [-0.15, -0.1) is 0 Å². The van der Waals surface area contributed by atoms with E-state index in [2.05, 4.69) is 31.0 Å². The summed E-state index contributed by atoms with van der Waals surface area (Å²) in [6, 6.07) is 1.33. The third-order valence-corrected chi connectivity index (χ3v) is 5.28. The van der Waals surface area contributed by atoms with Crippen LogP contribution in [-0.2, 0) is 4.74 Å². The van der Waals surface area contributed by atoms with E-state index < -0.39 is 0 Å². The van der Waals surface area contributed by atoms with Gasteiger partial charge in [-0.2, -0.15) is 0 Å². The number of hydrogen-bond donors (Lipinski definition) is 1. The van der Waals surface area contributed by atoms with Crippen LogP contribution >= 0.6 is 0 Å². The smallest absolute Gasteiger partial charge is 0.0697 e. The largest absolute Gasteiger partial charge is 0.375 e. The molecule has 0 radical (unpaired) electrons. The molecule has 2 fully saturated rings. The second-order valence-electron chi connectivity index (χ2n) is 6.81. The van der Waals surface area contributed by atoms with Gasteiger partial charge in [0, 0.05) is 18.7 Å². The molecular weight excluding hydrogens is 248 g/mol. The normalized spacial score (nSPS) is 26.7. The molecule has 2 unspecified atom stereocenters. The Morgan fingerprint density at radius 2 is 2.05 bits per heavy atom. The Morgan fingerprint density at radius 1 is 1.30 bits per heavy atom. The van der Waals surface area contributed by atoms with Gasteiger partial charge in [0.15, 0.2) is 0 Å². The van der Waals surface area contributed by atoms with Crippen LogP contribution in [0.25, 0.3) is 0 Å². The molecule has 20 heavy (non-hydrogen) atoms. The van der Waals surface area contributed by atoms with E-state index in [9.17, 15) is 0 Å². The summed E-state index contributed by atoms with van der Waals surface area (Å²) in [7, 11) is 0. The van der Waals surface area contributed by atoms with Gasteiger partial charge >= 0.3 is 0 Å². The first kappa shape index (κ1) is 16.3. The van der Waals surface area contributed by atoms with Crippen LogP contribution in [0.5, 0.6) is 0 Å². The highest BCUT2D eigenvalue weighted by molar-refractivity contribution is 4.96. The molecule has 1 aliphatic heterocycles. The van der Waals surface area contributed by atoms with Crippen LogP contribution in [0.15, 0.2) is 0 Å². The van der Waals surface area contributed by atoms with Gasteiger partial charge in [-0.05, 0) is 71.5 Å². The maximum atomic E-state index is 6.01. The Bertz CT molecular complexity index is 274. The van der Waals surface area contributed by atoms with E-state index in [1.165, 1.54) is 64.6 Å². The highest BCUT2D eigenvalue weighted by Gasteiger charge is 2.42. The molecule has 1 saturated heterocycles. The Labute approximate surface area is 125 Å². The van der Waals surface area contributed by atoms with E-state index in [1.54, 1.807) is 0 Å². The first-order chi connectivity index (χ1) is 9.67. The topological polar surface area (TPSA) is 24.5 Å². The quantitative estimate of drug-likeness (QED) is 0.740. The van der Waals surface area contributed by atoms with E-state index in [0.717, 1.165) is 6.61 Å². The summed E-state index contributed by atoms with van der Waals surface area (Å²) in [5.41, 5.74) is 0.275. The third-order valence-electron chi connectivity index (χ3n) is 5.28. The number of rotatable bonds is 8. The molecule has 118 valence electrons. The Kier molecular flexibility index (Phi) is 6.31. The number of ether oxygens (including phenoxy) is 1. The van der Waals surface area contributed by atoms with Crippen molar-refractivity contribution in [3.63, 3.8) is 0 Å². The van der Waals surface area contributed by atoms with Crippen molar-refractivity contribution in [2.24, 2.45) is 0 Å². The summed E-state index contributed by atoms with van der Waals surface area (Å²) in [5, 5.41) is 3.85. The number of hydrogen-bond acceptors (Lipinski definition) is 3. The van der Waals surface area contributed by atoms with Crippen LogP contribution in [-0.4, -0.2) is 48.8 Å². The monoisotopic (exact) mass is 282 g/mol. The van der Waals surface area contributed by atoms with Crippen LogP contribution in [0.1, 0.15) is 65.7 Å². The molecule has 2 rings (SSSR count). The molecule has 1 spiro atoms. The predicted molar refractivity (Wildman–Crippen MR) is 85.2 cm³/mol. The fourth-order valence-electron chi connectivity index (χ4n) is 3.74. The molecule has 0 aromatic heterocycles. The SMILES string of the molecule is CCN(CC)CCCC(C)NC1CCOC2(CCC2)C1. The minimum Gasteiger partial charge on any atom is -0.375 e. The maximum absolute atomic E-state index is 6.01. The highest BCUT2D eigenvalue weighted by Crippen LogP contribution is 2.42. The average molecular weight is 282 g/mol. The molecular formula is C17H34N2O. The van der Waals surface area contributed by atoms with E-state index >= 15 is 0 Å². The summed E-state index contributed by atoms with van der Waals surface area (Å²) in [5.74, 6) is 0. The van der Waals surface area contributed by atoms with Crippen molar-refractivity contribution < 1.29 is 4.74 Å². The summed E-state index contributed by atoms with van der Waals surface area (Å²) < 4.78 is 6.01. The predicted octanol–water partition coefficient (Wildman–Crippen LogP) is 3.19. The minimum atomic E-state index is 0.275. The van der Waals surface area contributed by atoms with Crippen LogP contribution in [0.4, 0.5) is 0 Å². The first-order valence-electron chi connectivity index (χ1n) is 8.80. The summed E-state index contributed by atoms with van der Waals surface area (Å²) in [6.45, 7) is 11.4. The fourth-order valence-corrected chi connectivity index (χ4v) is 3.74. The first-order valence-corrected chi connectivity index (χ1v) is 8.80. The third kappa shape index (κ3) is 4.44. The van der Waals surface area contributed by atoms with Crippen LogP contribution in [0, 0.1) is 0 Å². The zero-order valence-corrected chi connectivity index (χ0v) is 13.8. The molecule has 1 N–H and O–H groups in total. The van der Waals surface area contributed by atoms with Crippen molar-refractivity contribution in [2.45, 2.75) is 83.4 Å². The van der Waals surface area contributed by atoms with Gasteiger partial charge in [0.2, 0.25) is 0 Å². The number of nitrogens with one attached hydrogen (secondary N) is 1. The zero-order chi connectivity index (χ0) is 14.4. The van der Waals surface area contributed by atoms with E-state index in [1.807, 2.05) is 0 Å². The van der Waals surface area contributed by atoms with Gasteiger partial charge in [0.05, 0.1) is 5.60 Å². The van der Waals surface area contributed by atoms with Crippen molar-refractivity contribution >= 4 is 0 Å². The molecule has 0 aromatic carbocycles. The van der Waals surface area contributed by atoms with E-state index in [4.69, 9.17) is 4.74 Å². The zero-order valence-electron chi connectivity index (χ0n) is 13.8. The van der Waals surface area contributed by atoms with E-state index in [-0.39, 0.29) is 5.60 Å². The minimum absolute atomic E-state index is 0.275. The Morgan fingerprint density at radius 3 is 2.65 bits per heavy atom. The lowest BCUT2D eigenvalue weighted by Gasteiger charge is -2.47. The van der Waals surface area contributed by atoms with Crippen LogP contribution in [0.3, 0.4) is 0 Å². The molecule has 1 heterocycles. The summed E-state index contributed by atoms with van der Waals surface area (Å²) in [4.78, 5) is 2.52. The van der Waals surface area contributed by atoms with Crippen molar-refractivity contribution in [1.82, 2.24) is 10.2 Å². The number of nitrogens with zero attached hydrogens (tertiary/aromatic N) is 1. The standard InChI is InChI=1S/C17H34N2O/c1-4-19(5-2)12-6-8-15(3)18-16-9-13-20-17(14-16)10-7-11-17/h15-16,18H,4-14H2,1-3H3. The van der Waals surface area contributed by atoms with Gasteiger partial charge in [0.25, 0.3) is 0 Å². The molecule has 1 saturated carbocycles. The molecule has 0 amide bonds. The maximum Gasteiger partial charge on any atom is 0.0697 e. The second-order valence-corrected chi connectivity index (χ2v) is 6.81. The average Bonchev–Trinajstić information content (AvgIpc) is 2.42. The van der Waals surface area contributed by atoms with Crippen molar-refractivity contribution in [3.05, 3.63) is 0 Å². The lowest BCUT2D eigenvalue weighted by Crippen LogP contribution is -2.52. The summed E-state index contributed by atoms with van der Waals surface area (Å²) >= 11 is 0. The van der Waals surface area contributed by atoms with Crippen molar-refractivity contribution in [1.29, 1.82) is 0 Å². The summed E-state index contributed by atoms with van der Waals surface area (Å²) in [6.07, 6.45) is 9.00. The molecule has 0 bridgehead atoms. The molecule has 3 nitrogen and oxygen atoms in total. The van der Waals surface area contributed by atoms with Crippen LogP contribution in [0.2, 0.25) is 0 Å². The Balaban J connectivity index is 1.62. The lowest BCUT2D eigenvalue weighted by atomic mass is 9.74. The van der Waals surface area contributed by atoms with Gasteiger partial charge in [-0.25, -0.2) is 0 Å². The molecule has 0 aromatic rings. The fraction of sp³-hybridized carbons (Fsp3) is 1.00. The molecule has 2 aliphatic rings. The molecule has 1 aliphatic carbocycles. The van der Waals surface area contributed by atoms with E-state index in [0.29, 0.717) is 12.1 Å². The Hall–Kier alpha value is -0.120. The van der Waals surface area contributed by atoms with Crippen LogP contribution < -0.4 is 5.32 Å². The molecule has 2 atom stereocenters. The lowest BCUT2D eigenvalue weighted by molar-refractivity contribution is -0.136. The van der Waals surface area contributed by atoms with Gasteiger partial charge in [0.1, 0.15) is 0 Å².